The summed E-state index contributed by atoms with van der Waals surface area (Å²) in [5.41, 5.74) is 0. The number of aliphatic hydroxyl groups is 2. The standard InChI is InChI=1S/C12H21NO5S/c1-2-3-10(6-7-14)8-13-19(16,17)12-5-4-11(9-15)18-12/h4-5,10,13-15H,2-3,6-9H2,1H3. The van der Waals surface area contributed by atoms with E-state index in [0.29, 0.717) is 6.42 Å². The van der Waals surface area contributed by atoms with Crippen molar-refractivity contribution in [2.75, 3.05) is 13.2 Å². The minimum absolute atomic E-state index is 0.0435. The molecule has 1 heterocycles. The van der Waals surface area contributed by atoms with Crippen molar-refractivity contribution in [3.8, 4) is 0 Å². The quantitative estimate of drug-likeness (QED) is 0.626. The van der Waals surface area contributed by atoms with E-state index < -0.39 is 10.0 Å². The van der Waals surface area contributed by atoms with Crippen LogP contribution in [-0.4, -0.2) is 31.8 Å². The van der Waals surface area contributed by atoms with Crippen molar-refractivity contribution in [3.63, 3.8) is 0 Å². The third kappa shape index (κ3) is 4.94. The van der Waals surface area contributed by atoms with E-state index in [4.69, 9.17) is 14.6 Å². The van der Waals surface area contributed by atoms with Crippen LogP contribution in [0.25, 0.3) is 0 Å². The van der Waals surface area contributed by atoms with Crippen molar-refractivity contribution in [2.45, 2.75) is 37.9 Å². The molecule has 0 aliphatic rings. The van der Waals surface area contributed by atoms with Gasteiger partial charge in [-0.15, -0.1) is 0 Å². The molecule has 0 aliphatic heterocycles. The molecule has 0 saturated heterocycles. The number of hydrogen-bond donors (Lipinski definition) is 3. The Balaban J connectivity index is 2.63. The molecule has 110 valence electrons. The maximum absolute atomic E-state index is 11.9. The van der Waals surface area contributed by atoms with E-state index in [-0.39, 0.29) is 36.5 Å². The Labute approximate surface area is 113 Å². The highest BCUT2D eigenvalue weighted by atomic mass is 32.2. The Morgan fingerprint density at radius 3 is 2.58 bits per heavy atom. The van der Waals surface area contributed by atoms with Gasteiger partial charge < -0.3 is 14.6 Å². The first-order chi connectivity index (χ1) is 9.03. The van der Waals surface area contributed by atoms with Crippen LogP contribution in [0.3, 0.4) is 0 Å². The Morgan fingerprint density at radius 2 is 2.05 bits per heavy atom. The van der Waals surface area contributed by atoms with Gasteiger partial charge in [-0.05, 0) is 30.9 Å². The van der Waals surface area contributed by atoms with E-state index in [2.05, 4.69) is 4.72 Å². The number of aliphatic hydroxyl groups excluding tert-OH is 2. The molecule has 0 fully saturated rings. The summed E-state index contributed by atoms with van der Waals surface area (Å²) in [4.78, 5) is 0. The van der Waals surface area contributed by atoms with Crippen molar-refractivity contribution in [1.29, 1.82) is 0 Å². The van der Waals surface area contributed by atoms with Crippen LogP contribution in [-0.2, 0) is 16.6 Å². The summed E-state index contributed by atoms with van der Waals surface area (Å²) in [5, 5.41) is 17.6. The van der Waals surface area contributed by atoms with Crippen molar-refractivity contribution >= 4 is 10.0 Å². The van der Waals surface area contributed by atoms with Gasteiger partial charge in [-0.2, -0.15) is 0 Å². The van der Waals surface area contributed by atoms with E-state index in [9.17, 15) is 8.42 Å². The van der Waals surface area contributed by atoms with Crippen LogP contribution in [0, 0.1) is 5.92 Å². The molecule has 0 aromatic carbocycles. The molecule has 7 heteroatoms. The maximum atomic E-state index is 11.9. The van der Waals surface area contributed by atoms with Crippen LogP contribution in [0.5, 0.6) is 0 Å². The monoisotopic (exact) mass is 291 g/mol. The SMILES string of the molecule is CCCC(CCO)CNS(=O)(=O)c1ccc(CO)o1. The molecule has 1 unspecified atom stereocenters. The molecule has 19 heavy (non-hydrogen) atoms. The average molecular weight is 291 g/mol. The van der Waals surface area contributed by atoms with Crippen LogP contribution in [0.1, 0.15) is 31.9 Å². The van der Waals surface area contributed by atoms with Gasteiger partial charge in [0.05, 0.1) is 0 Å². The van der Waals surface area contributed by atoms with Gasteiger partial charge >= 0.3 is 0 Å². The van der Waals surface area contributed by atoms with Gasteiger partial charge in [0.25, 0.3) is 10.0 Å². The molecule has 0 radical (unpaired) electrons. The van der Waals surface area contributed by atoms with Gasteiger partial charge in [-0.25, -0.2) is 13.1 Å². The Morgan fingerprint density at radius 1 is 1.32 bits per heavy atom. The highest BCUT2D eigenvalue weighted by Crippen LogP contribution is 2.15. The van der Waals surface area contributed by atoms with Gasteiger partial charge in [0, 0.05) is 13.2 Å². The molecular weight excluding hydrogens is 270 g/mol. The fourth-order valence-electron chi connectivity index (χ4n) is 1.83. The third-order valence-corrected chi connectivity index (χ3v) is 4.15. The molecule has 1 rings (SSSR count). The highest BCUT2D eigenvalue weighted by Gasteiger charge is 2.20. The first-order valence-electron chi connectivity index (χ1n) is 6.33. The summed E-state index contributed by atoms with van der Waals surface area (Å²) in [5.74, 6) is 0.317. The molecule has 6 nitrogen and oxygen atoms in total. The summed E-state index contributed by atoms with van der Waals surface area (Å²) in [6.07, 6.45) is 2.35. The molecule has 1 atom stereocenters. The van der Waals surface area contributed by atoms with Crippen molar-refractivity contribution in [3.05, 3.63) is 17.9 Å². The lowest BCUT2D eigenvalue weighted by molar-refractivity contribution is 0.235. The zero-order valence-electron chi connectivity index (χ0n) is 11.0. The van der Waals surface area contributed by atoms with E-state index in [1.165, 1.54) is 12.1 Å². The lowest BCUT2D eigenvalue weighted by atomic mass is 10.0. The number of sulfonamides is 1. The fourth-order valence-corrected chi connectivity index (χ4v) is 2.89. The number of furan rings is 1. The highest BCUT2D eigenvalue weighted by molar-refractivity contribution is 7.89. The second-order valence-corrected chi connectivity index (χ2v) is 6.10. The first-order valence-corrected chi connectivity index (χ1v) is 7.82. The zero-order valence-corrected chi connectivity index (χ0v) is 11.8. The summed E-state index contributed by atoms with van der Waals surface area (Å²) in [7, 11) is -3.69. The van der Waals surface area contributed by atoms with Gasteiger partial charge in [-0.1, -0.05) is 13.3 Å². The van der Waals surface area contributed by atoms with Crippen LogP contribution in [0.2, 0.25) is 0 Å². The van der Waals surface area contributed by atoms with Gasteiger partial charge in [0.15, 0.2) is 0 Å². The smallest absolute Gasteiger partial charge is 0.273 e. The largest absolute Gasteiger partial charge is 0.446 e. The van der Waals surface area contributed by atoms with E-state index in [0.717, 1.165) is 12.8 Å². The Bertz CT molecular complexity index is 462. The lowest BCUT2D eigenvalue weighted by Gasteiger charge is -2.14. The van der Waals surface area contributed by atoms with Crippen LogP contribution in [0.15, 0.2) is 21.6 Å². The van der Waals surface area contributed by atoms with Crippen LogP contribution in [0.4, 0.5) is 0 Å². The number of rotatable bonds is 9. The molecule has 1 aromatic heterocycles. The van der Waals surface area contributed by atoms with E-state index in [1.54, 1.807) is 0 Å². The Hall–Kier alpha value is -0.890. The minimum Gasteiger partial charge on any atom is -0.446 e. The normalized spacial score (nSPS) is 13.6. The van der Waals surface area contributed by atoms with Crippen LogP contribution < -0.4 is 4.72 Å². The van der Waals surface area contributed by atoms with Crippen molar-refractivity contribution < 1.29 is 23.0 Å². The molecular formula is C12H21NO5S. The minimum atomic E-state index is -3.69. The number of hydrogen-bond acceptors (Lipinski definition) is 5. The lowest BCUT2D eigenvalue weighted by Crippen LogP contribution is -2.29. The maximum Gasteiger partial charge on any atom is 0.273 e. The summed E-state index contributed by atoms with van der Waals surface area (Å²) in [6.45, 7) is 1.99. The van der Waals surface area contributed by atoms with Gasteiger partial charge in [0.2, 0.25) is 5.09 Å². The molecule has 1 aromatic rings. The topological polar surface area (TPSA) is 99.8 Å². The van der Waals surface area contributed by atoms with E-state index in [1.807, 2.05) is 6.92 Å². The second-order valence-electron chi connectivity index (χ2n) is 4.40. The third-order valence-electron chi connectivity index (χ3n) is 2.85. The van der Waals surface area contributed by atoms with Gasteiger partial charge in [0.1, 0.15) is 12.4 Å². The average Bonchev–Trinajstić information content (AvgIpc) is 2.86. The molecule has 0 saturated carbocycles. The fraction of sp³-hybridized carbons (Fsp3) is 0.667. The molecule has 0 amide bonds. The van der Waals surface area contributed by atoms with Crippen LogP contribution >= 0.6 is 0 Å². The molecule has 0 bridgehead atoms. The van der Waals surface area contributed by atoms with Crippen molar-refractivity contribution in [1.82, 2.24) is 4.72 Å². The van der Waals surface area contributed by atoms with Crippen molar-refractivity contribution in [2.24, 2.45) is 5.92 Å². The second kappa shape index (κ2) is 7.64. The summed E-state index contributed by atoms with van der Waals surface area (Å²) in [6, 6.07) is 2.74. The predicted octanol–water partition coefficient (Wildman–Crippen LogP) is 0.849. The first kappa shape index (κ1) is 16.2. The molecule has 0 spiro atoms. The summed E-state index contributed by atoms with van der Waals surface area (Å²) < 4.78 is 31.3. The molecule has 0 aliphatic carbocycles. The predicted molar refractivity (Wildman–Crippen MR) is 69.9 cm³/mol. The Kier molecular flexibility index (Phi) is 6.50. The van der Waals surface area contributed by atoms with Gasteiger partial charge in [-0.3, -0.25) is 0 Å². The summed E-state index contributed by atoms with van der Waals surface area (Å²) >= 11 is 0. The molecule has 3 N–H and O–H groups in total. The zero-order chi connectivity index (χ0) is 14.3. The number of nitrogens with one attached hydrogen (secondary N) is 1. The van der Waals surface area contributed by atoms with E-state index >= 15 is 0 Å².